The Morgan fingerprint density at radius 3 is 2.41 bits per heavy atom. The molecule has 0 bridgehead atoms. The third kappa shape index (κ3) is 8.77. The molecule has 0 aliphatic rings. The van der Waals surface area contributed by atoms with Crippen molar-refractivity contribution in [3.63, 3.8) is 0 Å². The lowest BCUT2D eigenvalue weighted by atomic mass is 10.2. The summed E-state index contributed by atoms with van der Waals surface area (Å²) in [6, 6.07) is 20.7. The van der Waals surface area contributed by atoms with Gasteiger partial charge in [0, 0.05) is 11.4 Å². The van der Waals surface area contributed by atoms with Crippen LogP contribution in [-0.4, -0.2) is 31.3 Å². The second kappa shape index (κ2) is 13.2. The number of rotatable bonds is 11. The number of hydrazone groups is 1. The van der Waals surface area contributed by atoms with Crippen molar-refractivity contribution in [3.05, 3.63) is 88.4 Å². The number of hydrogen-bond acceptors (Lipinski definition) is 6. The van der Waals surface area contributed by atoms with E-state index in [9.17, 15) is 9.59 Å². The zero-order valence-electron chi connectivity index (χ0n) is 18.1. The molecule has 1 N–H and O–H groups in total. The molecule has 0 heterocycles. The van der Waals surface area contributed by atoms with E-state index in [1.807, 2.05) is 18.2 Å². The number of ether oxygens (including phenoxy) is 3. The molecule has 9 heteroatoms. The van der Waals surface area contributed by atoms with Crippen molar-refractivity contribution < 1.29 is 23.8 Å². The van der Waals surface area contributed by atoms with Gasteiger partial charge in [-0.2, -0.15) is 5.10 Å². The molecule has 34 heavy (non-hydrogen) atoms. The largest absolute Gasteiger partial charge is 0.492 e. The van der Waals surface area contributed by atoms with Gasteiger partial charge in [0.1, 0.15) is 17.2 Å². The summed E-state index contributed by atoms with van der Waals surface area (Å²) >= 11 is 11.9. The van der Waals surface area contributed by atoms with Crippen LogP contribution in [0.1, 0.15) is 18.4 Å². The highest BCUT2D eigenvalue weighted by Crippen LogP contribution is 2.27. The standard InChI is InChI=1S/C25H22Cl2N2O5/c26-19-10-13-23(22(27)15-19)32-14-4-7-25(31)34-21-11-8-18(9-12-21)16-28-29-24(30)17-33-20-5-2-1-3-6-20/h1-3,5-6,8-13,15-16H,4,7,14,17H2,(H,29,30)/b28-16-. The fourth-order valence-electron chi connectivity index (χ4n) is 2.67. The van der Waals surface area contributed by atoms with Crippen molar-refractivity contribution >= 4 is 41.3 Å². The van der Waals surface area contributed by atoms with Gasteiger partial charge in [-0.15, -0.1) is 0 Å². The second-order valence-corrected chi connectivity index (χ2v) is 7.81. The second-order valence-electron chi connectivity index (χ2n) is 6.96. The van der Waals surface area contributed by atoms with Gasteiger partial charge in [-0.3, -0.25) is 9.59 Å². The van der Waals surface area contributed by atoms with Crippen molar-refractivity contribution in [2.75, 3.05) is 13.2 Å². The van der Waals surface area contributed by atoms with Gasteiger partial charge in [0.2, 0.25) is 0 Å². The number of carbonyl (C=O) groups excluding carboxylic acids is 2. The van der Waals surface area contributed by atoms with Gasteiger partial charge in [-0.1, -0.05) is 41.4 Å². The molecule has 7 nitrogen and oxygen atoms in total. The smallest absolute Gasteiger partial charge is 0.311 e. The van der Waals surface area contributed by atoms with Crippen molar-refractivity contribution in [1.82, 2.24) is 5.43 Å². The fourth-order valence-corrected chi connectivity index (χ4v) is 3.14. The molecule has 0 saturated carbocycles. The maximum atomic E-state index is 12.0. The van der Waals surface area contributed by atoms with Crippen molar-refractivity contribution in [2.45, 2.75) is 12.8 Å². The molecule has 0 aliphatic heterocycles. The summed E-state index contributed by atoms with van der Waals surface area (Å²) in [6.45, 7) is 0.169. The van der Waals surface area contributed by atoms with Gasteiger partial charge < -0.3 is 14.2 Å². The van der Waals surface area contributed by atoms with Crippen LogP contribution < -0.4 is 19.6 Å². The van der Waals surface area contributed by atoms with E-state index in [1.54, 1.807) is 54.6 Å². The number of benzene rings is 3. The number of halogens is 2. The van der Waals surface area contributed by atoms with Gasteiger partial charge in [0.15, 0.2) is 6.61 Å². The Balaban J connectivity index is 1.34. The quantitative estimate of drug-likeness (QED) is 0.127. The maximum absolute atomic E-state index is 12.0. The topological polar surface area (TPSA) is 86.2 Å². The van der Waals surface area contributed by atoms with Gasteiger partial charge in [-0.05, 0) is 66.6 Å². The average Bonchev–Trinajstić information content (AvgIpc) is 2.83. The van der Waals surface area contributed by atoms with Gasteiger partial charge in [0.05, 0.1) is 17.8 Å². The highest BCUT2D eigenvalue weighted by molar-refractivity contribution is 6.35. The summed E-state index contributed by atoms with van der Waals surface area (Å²) in [5, 5.41) is 4.83. The van der Waals surface area contributed by atoms with Crippen LogP contribution in [0.4, 0.5) is 0 Å². The number of hydrogen-bond donors (Lipinski definition) is 1. The number of esters is 1. The van der Waals surface area contributed by atoms with E-state index in [2.05, 4.69) is 10.5 Å². The number of amides is 1. The van der Waals surface area contributed by atoms with Gasteiger partial charge in [-0.25, -0.2) is 5.43 Å². The Bertz CT molecular complexity index is 1120. The van der Waals surface area contributed by atoms with Gasteiger partial charge in [0.25, 0.3) is 5.91 Å². The molecule has 3 aromatic rings. The summed E-state index contributed by atoms with van der Waals surface area (Å²) in [6.07, 6.45) is 2.13. The molecular formula is C25H22Cl2N2O5. The molecular weight excluding hydrogens is 479 g/mol. The molecule has 0 unspecified atom stereocenters. The monoisotopic (exact) mass is 500 g/mol. The zero-order chi connectivity index (χ0) is 24.2. The van der Waals surface area contributed by atoms with Crippen LogP contribution in [-0.2, 0) is 9.59 Å². The van der Waals surface area contributed by atoms with E-state index in [1.165, 1.54) is 6.21 Å². The molecule has 0 aromatic heterocycles. The lowest BCUT2D eigenvalue weighted by Crippen LogP contribution is -2.24. The van der Waals surface area contributed by atoms with Crippen molar-refractivity contribution in [1.29, 1.82) is 0 Å². The highest BCUT2D eigenvalue weighted by Gasteiger charge is 2.07. The summed E-state index contributed by atoms with van der Waals surface area (Å²) in [7, 11) is 0. The van der Waals surface area contributed by atoms with Crippen LogP contribution in [0, 0.1) is 0 Å². The van der Waals surface area contributed by atoms with Crippen molar-refractivity contribution in [2.24, 2.45) is 5.10 Å². The third-order valence-electron chi connectivity index (χ3n) is 4.30. The number of carbonyl (C=O) groups is 2. The first-order valence-electron chi connectivity index (χ1n) is 10.4. The zero-order valence-corrected chi connectivity index (χ0v) is 19.6. The van der Waals surface area contributed by atoms with E-state index in [0.29, 0.717) is 40.3 Å². The number of nitrogens with one attached hydrogen (secondary N) is 1. The SMILES string of the molecule is O=C(COc1ccccc1)N/N=C\c1ccc(OC(=O)CCCOc2ccc(Cl)cc2Cl)cc1. The Hall–Kier alpha value is -3.55. The Morgan fingerprint density at radius 1 is 0.912 bits per heavy atom. The molecule has 176 valence electrons. The number of nitrogens with zero attached hydrogens (tertiary/aromatic N) is 1. The van der Waals surface area contributed by atoms with E-state index < -0.39 is 0 Å². The predicted octanol–water partition coefficient (Wildman–Crippen LogP) is 5.29. The number of para-hydroxylation sites is 1. The predicted molar refractivity (Wildman–Crippen MR) is 131 cm³/mol. The van der Waals surface area contributed by atoms with Crippen LogP contribution in [0.15, 0.2) is 77.9 Å². The van der Waals surface area contributed by atoms with Crippen LogP contribution in [0.25, 0.3) is 0 Å². The summed E-state index contributed by atoms with van der Waals surface area (Å²) in [4.78, 5) is 23.8. The highest BCUT2D eigenvalue weighted by atomic mass is 35.5. The third-order valence-corrected chi connectivity index (χ3v) is 4.83. The van der Waals surface area contributed by atoms with E-state index in [-0.39, 0.29) is 24.9 Å². The van der Waals surface area contributed by atoms with Gasteiger partial charge >= 0.3 is 5.97 Å². The normalized spacial score (nSPS) is 10.6. The minimum Gasteiger partial charge on any atom is -0.492 e. The van der Waals surface area contributed by atoms with E-state index >= 15 is 0 Å². The Labute approximate surface area is 207 Å². The molecule has 0 saturated heterocycles. The van der Waals surface area contributed by atoms with E-state index in [0.717, 1.165) is 5.56 Å². The molecule has 0 fully saturated rings. The Morgan fingerprint density at radius 2 is 1.68 bits per heavy atom. The molecule has 3 rings (SSSR count). The average molecular weight is 501 g/mol. The molecule has 1 amide bonds. The van der Waals surface area contributed by atoms with Crippen LogP contribution >= 0.6 is 23.2 Å². The first-order valence-corrected chi connectivity index (χ1v) is 11.1. The lowest BCUT2D eigenvalue weighted by Gasteiger charge is -2.08. The summed E-state index contributed by atoms with van der Waals surface area (Å²) in [5.74, 6) is 0.761. The molecule has 0 spiro atoms. The van der Waals surface area contributed by atoms with Crippen LogP contribution in [0.5, 0.6) is 17.2 Å². The Kier molecular flexibility index (Phi) is 9.76. The summed E-state index contributed by atoms with van der Waals surface area (Å²) < 4.78 is 16.2. The minimum absolute atomic E-state index is 0.145. The molecule has 3 aromatic carbocycles. The summed E-state index contributed by atoms with van der Waals surface area (Å²) in [5.41, 5.74) is 3.11. The lowest BCUT2D eigenvalue weighted by molar-refractivity contribution is -0.134. The first kappa shape index (κ1) is 25.1. The van der Waals surface area contributed by atoms with Crippen LogP contribution in [0.3, 0.4) is 0 Å². The van der Waals surface area contributed by atoms with Crippen molar-refractivity contribution in [3.8, 4) is 17.2 Å². The van der Waals surface area contributed by atoms with E-state index in [4.69, 9.17) is 37.4 Å². The minimum atomic E-state index is -0.382. The fraction of sp³-hybridized carbons (Fsp3) is 0.160. The van der Waals surface area contributed by atoms with Crippen LogP contribution in [0.2, 0.25) is 10.0 Å². The molecule has 0 radical (unpaired) electrons. The first-order chi connectivity index (χ1) is 16.5. The molecule has 0 aliphatic carbocycles. The molecule has 0 atom stereocenters. The maximum Gasteiger partial charge on any atom is 0.311 e.